The first kappa shape index (κ1) is 15.8. The predicted octanol–water partition coefficient (Wildman–Crippen LogP) is 4.45. The van der Waals surface area contributed by atoms with Gasteiger partial charge in [0.2, 0.25) is 5.13 Å². The Morgan fingerprint density at radius 3 is 2.70 bits per heavy atom. The third-order valence-electron chi connectivity index (χ3n) is 3.25. The second kappa shape index (κ2) is 7.02. The van der Waals surface area contributed by atoms with E-state index >= 15 is 0 Å². The molecular formula is C17H14BrN3OS. The van der Waals surface area contributed by atoms with Gasteiger partial charge in [-0.2, -0.15) is 0 Å². The summed E-state index contributed by atoms with van der Waals surface area (Å²) in [4.78, 5) is 12.2. The monoisotopic (exact) mass is 387 g/mol. The van der Waals surface area contributed by atoms with E-state index in [0.717, 1.165) is 9.48 Å². The van der Waals surface area contributed by atoms with E-state index in [-0.39, 0.29) is 5.91 Å². The van der Waals surface area contributed by atoms with E-state index in [1.807, 2.05) is 12.1 Å². The van der Waals surface area contributed by atoms with E-state index in [9.17, 15) is 4.79 Å². The van der Waals surface area contributed by atoms with Crippen LogP contribution in [0.4, 0.5) is 5.13 Å². The fraction of sp³-hybridized carbons (Fsp3) is 0.118. The Bertz CT molecular complexity index is 830. The van der Waals surface area contributed by atoms with E-state index in [4.69, 9.17) is 0 Å². The topological polar surface area (TPSA) is 54.9 Å². The normalized spacial score (nSPS) is 10.5. The molecule has 0 aliphatic rings. The van der Waals surface area contributed by atoms with Crippen LogP contribution in [0.3, 0.4) is 0 Å². The molecule has 1 aromatic heterocycles. The molecule has 6 heteroatoms. The van der Waals surface area contributed by atoms with Crippen LogP contribution in [-0.4, -0.2) is 16.1 Å². The summed E-state index contributed by atoms with van der Waals surface area (Å²) < 4.78 is 0.863. The second-order valence-corrected chi connectivity index (χ2v) is 7.11. The molecular weight excluding hydrogens is 374 g/mol. The lowest BCUT2D eigenvalue weighted by atomic mass is 10.1. The Morgan fingerprint density at radius 1 is 1.17 bits per heavy atom. The average Bonchev–Trinajstić information content (AvgIpc) is 2.96. The highest BCUT2D eigenvalue weighted by Gasteiger charge is 2.11. The number of anilines is 1. The maximum absolute atomic E-state index is 12.2. The van der Waals surface area contributed by atoms with E-state index in [1.165, 1.54) is 22.5 Å². The number of aryl methyl sites for hydroxylation is 1. The molecule has 0 spiro atoms. The average molecular weight is 388 g/mol. The fourth-order valence-electron chi connectivity index (χ4n) is 2.06. The summed E-state index contributed by atoms with van der Waals surface area (Å²) in [5.41, 5.74) is 2.99. The minimum atomic E-state index is -0.190. The molecule has 3 aromatic rings. The van der Waals surface area contributed by atoms with Crippen LogP contribution in [0, 0.1) is 6.92 Å². The van der Waals surface area contributed by atoms with Crippen LogP contribution in [0.1, 0.15) is 26.5 Å². The van der Waals surface area contributed by atoms with E-state index < -0.39 is 0 Å². The van der Waals surface area contributed by atoms with Crippen molar-refractivity contribution in [2.45, 2.75) is 13.3 Å². The van der Waals surface area contributed by atoms with Crippen molar-refractivity contribution >= 4 is 38.3 Å². The highest BCUT2D eigenvalue weighted by molar-refractivity contribution is 9.10. The highest BCUT2D eigenvalue weighted by atomic mass is 79.9. The minimum absolute atomic E-state index is 0.190. The van der Waals surface area contributed by atoms with Gasteiger partial charge in [0, 0.05) is 16.5 Å². The maximum atomic E-state index is 12.2. The molecule has 0 fully saturated rings. The van der Waals surface area contributed by atoms with Crippen molar-refractivity contribution in [1.29, 1.82) is 0 Å². The Balaban J connectivity index is 1.67. The second-order valence-electron chi connectivity index (χ2n) is 5.13. The summed E-state index contributed by atoms with van der Waals surface area (Å²) in [5, 5.41) is 12.4. The molecule has 1 amide bonds. The SMILES string of the molecule is Cc1ccc(Cc2nnc(NC(=O)c3cccc(Br)c3)s2)cc1. The lowest BCUT2D eigenvalue weighted by Gasteiger charge is -2.01. The number of amides is 1. The van der Waals surface area contributed by atoms with Gasteiger partial charge in [0.1, 0.15) is 5.01 Å². The number of rotatable bonds is 4. The van der Waals surface area contributed by atoms with Gasteiger partial charge in [-0.05, 0) is 30.7 Å². The third kappa shape index (κ3) is 4.24. The number of benzene rings is 2. The summed E-state index contributed by atoms with van der Waals surface area (Å²) in [5.74, 6) is -0.190. The van der Waals surface area contributed by atoms with E-state index in [0.29, 0.717) is 17.1 Å². The van der Waals surface area contributed by atoms with Crippen LogP contribution in [0.2, 0.25) is 0 Å². The molecule has 0 unspecified atom stereocenters. The third-order valence-corrected chi connectivity index (χ3v) is 4.58. The molecule has 0 aliphatic heterocycles. The van der Waals surface area contributed by atoms with Crippen LogP contribution in [0.15, 0.2) is 53.0 Å². The first-order valence-electron chi connectivity index (χ1n) is 7.05. The van der Waals surface area contributed by atoms with Gasteiger partial charge in [0.25, 0.3) is 5.91 Å². The first-order valence-corrected chi connectivity index (χ1v) is 8.66. The Hall–Kier alpha value is -2.05. The van der Waals surface area contributed by atoms with Crippen LogP contribution >= 0.6 is 27.3 Å². The number of nitrogens with one attached hydrogen (secondary N) is 1. The number of carbonyl (C=O) groups excluding carboxylic acids is 1. The molecule has 2 aromatic carbocycles. The van der Waals surface area contributed by atoms with Crippen molar-refractivity contribution in [3.05, 3.63) is 74.7 Å². The molecule has 0 saturated heterocycles. The van der Waals surface area contributed by atoms with Crippen LogP contribution in [-0.2, 0) is 6.42 Å². The Morgan fingerprint density at radius 2 is 1.96 bits per heavy atom. The molecule has 0 radical (unpaired) electrons. The summed E-state index contributed by atoms with van der Waals surface area (Å²) >= 11 is 4.75. The quantitative estimate of drug-likeness (QED) is 0.719. The van der Waals surface area contributed by atoms with Gasteiger partial charge in [-0.1, -0.05) is 63.2 Å². The lowest BCUT2D eigenvalue weighted by molar-refractivity contribution is 0.102. The number of hydrogen-bond acceptors (Lipinski definition) is 4. The number of aromatic nitrogens is 2. The van der Waals surface area contributed by atoms with E-state index in [1.54, 1.807) is 12.1 Å². The van der Waals surface area contributed by atoms with Crippen molar-refractivity contribution in [1.82, 2.24) is 10.2 Å². The number of nitrogens with zero attached hydrogens (tertiary/aromatic N) is 2. The number of halogens is 1. The van der Waals surface area contributed by atoms with Gasteiger partial charge >= 0.3 is 0 Å². The summed E-state index contributed by atoms with van der Waals surface area (Å²) in [7, 11) is 0. The van der Waals surface area contributed by atoms with Crippen molar-refractivity contribution in [2.24, 2.45) is 0 Å². The maximum Gasteiger partial charge on any atom is 0.257 e. The lowest BCUT2D eigenvalue weighted by Crippen LogP contribution is -2.11. The van der Waals surface area contributed by atoms with Crippen molar-refractivity contribution in [3.63, 3.8) is 0 Å². The van der Waals surface area contributed by atoms with Gasteiger partial charge in [-0.3, -0.25) is 10.1 Å². The summed E-state index contributed by atoms with van der Waals surface area (Å²) in [6.45, 7) is 2.06. The minimum Gasteiger partial charge on any atom is -0.296 e. The molecule has 0 bridgehead atoms. The van der Waals surface area contributed by atoms with Crippen molar-refractivity contribution in [3.8, 4) is 0 Å². The zero-order valence-electron chi connectivity index (χ0n) is 12.4. The molecule has 23 heavy (non-hydrogen) atoms. The smallest absolute Gasteiger partial charge is 0.257 e. The van der Waals surface area contributed by atoms with Gasteiger partial charge in [0.05, 0.1) is 0 Å². The van der Waals surface area contributed by atoms with Crippen LogP contribution < -0.4 is 5.32 Å². The van der Waals surface area contributed by atoms with Gasteiger partial charge in [-0.25, -0.2) is 0 Å². The first-order chi connectivity index (χ1) is 11.1. The number of carbonyl (C=O) groups is 1. The van der Waals surface area contributed by atoms with Gasteiger partial charge in [-0.15, -0.1) is 10.2 Å². The highest BCUT2D eigenvalue weighted by Crippen LogP contribution is 2.20. The zero-order valence-corrected chi connectivity index (χ0v) is 14.8. The molecule has 1 heterocycles. The molecule has 0 aliphatic carbocycles. The number of hydrogen-bond donors (Lipinski definition) is 1. The van der Waals surface area contributed by atoms with E-state index in [2.05, 4.69) is 62.6 Å². The zero-order chi connectivity index (χ0) is 16.2. The molecule has 1 N–H and O–H groups in total. The van der Waals surface area contributed by atoms with Gasteiger partial charge in [0.15, 0.2) is 0 Å². The van der Waals surface area contributed by atoms with Crippen LogP contribution in [0.5, 0.6) is 0 Å². The summed E-state index contributed by atoms with van der Waals surface area (Å²) in [6.07, 6.45) is 0.713. The Labute approximate surface area is 146 Å². The fourth-order valence-corrected chi connectivity index (χ4v) is 3.22. The van der Waals surface area contributed by atoms with Crippen molar-refractivity contribution in [2.75, 3.05) is 5.32 Å². The predicted molar refractivity (Wildman–Crippen MR) is 96.0 cm³/mol. The molecule has 0 saturated carbocycles. The molecule has 4 nitrogen and oxygen atoms in total. The van der Waals surface area contributed by atoms with Gasteiger partial charge < -0.3 is 0 Å². The standard InChI is InChI=1S/C17H14BrN3OS/c1-11-5-7-12(8-6-11)9-15-20-21-17(23-15)19-16(22)13-3-2-4-14(18)10-13/h2-8,10H,9H2,1H3,(H,19,21,22). The Kier molecular flexibility index (Phi) is 4.83. The molecule has 3 rings (SSSR count). The summed E-state index contributed by atoms with van der Waals surface area (Å²) in [6, 6.07) is 15.5. The van der Waals surface area contributed by atoms with Crippen LogP contribution in [0.25, 0.3) is 0 Å². The largest absolute Gasteiger partial charge is 0.296 e. The molecule has 116 valence electrons. The van der Waals surface area contributed by atoms with Crippen molar-refractivity contribution < 1.29 is 4.79 Å². The molecule has 0 atom stereocenters.